The van der Waals surface area contributed by atoms with Gasteiger partial charge < -0.3 is 10.6 Å². The van der Waals surface area contributed by atoms with Crippen molar-refractivity contribution in [2.24, 2.45) is 0 Å². The highest BCUT2D eigenvalue weighted by Gasteiger charge is 2.15. The average molecular weight is 553 g/mol. The van der Waals surface area contributed by atoms with Gasteiger partial charge in [-0.15, -0.1) is 0 Å². The molecular weight excluding hydrogens is 516 g/mol. The van der Waals surface area contributed by atoms with E-state index in [1.807, 2.05) is 47.6 Å². The number of anilines is 2. The fraction of sp³-hybridized carbons (Fsp3) is 0.440. The van der Waals surface area contributed by atoms with Crippen LogP contribution < -0.4 is 20.1 Å². The van der Waals surface area contributed by atoms with E-state index in [0.717, 1.165) is 36.8 Å². The first kappa shape index (κ1) is 30.1. The molecule has 0 saturated carbocycles. The van der Waals surface area contributed by atoms with E-state index in [4.69, 9.17) is 0 Å². The summed E-state index contributed by atoms with van der Waals surface area (Å²) in [5, 5.41) is 5.03. The van der Waals surface area contributed by atoms with E-state index >= 15 is 0 Å². The van der Waals surface area contributed by atoms with Gasteiger partial charge in [0, 0.05) is 11.4 Å². The molecule has 0 unspecified atom stereocenters. The summed E-state index contributed by atoms with van der Waals surface area (Å²) in [5.74, 6) is -0.186. The molecule has 37 heavy (non-hydrogen) atoms. The highest BCUT2D eigenvalue weighted by atomic mass is 32.2. The van der Waals surface area contributed by atoms with Gasteiger partial charge in [0.2, 0.25) is 20.0 Å². The van der Waals surface area contributed by atoms with Gasteiger partial charge >= 0.3 is 12.1 Å². The van der Waals surface area contributed by atoms with Crippen molar-refractivity contribution in [1.82, 2.24) is 9.44 Å². The second-order valence-electron chi connectivity index (χ2n) is 8.73. The first-order chi connectivity index (χ1) is 17.5. The average Bonchev–Trinajstić information content (AvgIpc) is 2.81. The Morgan fingerprint density at radius 3 is 1.27 bits per heavy atom. The lowest BCUT2D eigenvalue weighted by Gasteiger charge is -2.10. The van der Waals surface area contributed by atoms with Crippen molar-refractivity contribution in [2.45, 2.75) is 58.8 Å². The molecule has 10 nitrogen and oxygen atoms in total. The Morgan fingerprint density at radius 2 is 0.946 bits per heavy atom. The third-order valence-corrected chi connectivity index (χ3v) is 8.01. The molecule has 4 N–H and O–H groups in total. The molecule has 4 amide bonds. The number of amides is 4. The van der Waals surface area contributed by atoms with E-state index in [2.05, 4.69) is 10.6 Å². The highest BCUT2D eigenvalue weighted by molar-refractivity contribution is 7.90. The fourth-order valence-corrected chi connectivity index (χ4v) is 5.47. The Morgan fingerprint density at radius 1 is 0.595 bits per heavy atom. The monoisotopic (exact) mass is 552 g/mol. The van der Waals surface area contributed by atoms with Crippen molar-refractivity contribution in [3.05, 3.63) is 59.7 Å². The fourth-order valence-electron chi connectivity index (χ4n) is 3.43. The van der Waals surface area contributed by atoms with Crippen LogP contribution >= 0.6 is 0 Å². The summed E-state index contributed by atoms with van der Waals surface area (Å²) in [7, 11) is -7.34. The maximum absolute atomic E-state index is 12.0. The molecule has 204 valence electrons. The van der Waals surface area contributed by atoms with Crippen LogP contribution in [0.3, 0.4) is 0 Å². The van der Waals surface area contributed by atoms with Crippen molar-refractivity contribution in [3.63, 3.8) is 0 Å². The highest BCUT2D eigenvalue weighted by Crippen LogP contribution is 2.16. The maximum Gasteiger partial charge on any atom is 0.332 e. The van der Waals surface area contributed by atoms with E-state index in [-0.39, 0.29) is 11.5 Å². The number of unbranched alkanes of at least 4 members (excludes halogenated alkanes) is 4. The predicted octanol–water partition coefficient (Wildman–Crippen LogP) is 4.56. The molecule has 0 saturated heterocycles. The Balaban J connectivity index is 1.84. The number of carbonyl (C=O) groups is 2. The van der Waals surface area contributed by atoms with Crippen molar-refractivity contribution in [3.8, 4) is 0 Å². The first-order valence-corrected chi connectivity index (χ1v) is 15.6. The van der Waals surface area contributed by atoms with Crippen LogP contribution in [0.15, 0.2) is 48.5 Å². The number of urea groups is 2. The molecule has 0 aliphatic heterocycles. The topological polar surface area (TPSA) is 151 Å². The second kappa shape index (κ2) is 14.6. The molecule has 12 heteroatoms. The van der Waals surface area contributed by atoms with Crippen LogP contribution in [0.2, 0.25) is 0 Å². The SMILES string of the molecule is CCCCCS(=O)(=O)NC(=O)Nc1ccc(Cc2ccc(NC(=O)NS(=O)(=O)CCCCC)cc2)cc1. The minimum atomic E-state index is -3.67. The van der Waals surface area contributed by atoms with Gasteiger partial charge in [-0.05, 0) is 54.7 Å². The van der Waals surface area contributed by atoms with Crippen molar-refractivity contribution in [2.75, 3.05) is 22.1 Å². The van der Waals surface area contributed by atoms with Gasteiger partial charge in [-0.1, -0.05) is 63.8 Å². The zero-order valence-electron chi connectivity index (χ0n) is 21.2. The molecule has 0 aliphatic rings. The van der Waals surface area contributed by atoms with Crippen LogP contribution in [-0.4, -0.2) is 40.4 Å². The van der Waals surface area contributed by atoms with E-state index in [1.54, 1.807) is 24.3 Å². The summed E-state index contributed by atoms with van der Waals surface area (Å²) in [5.41, 5.74) is 2.82. The van der Waals surface area contributed by atoms with E-state index in [9.17, 15) is 26.4 Å². The summed E-state index contributed by atoms with van der Waals surface area (Å²) in [6.07, 6.45) is 4.91. The Hall–Kier alpha value is -3.12. The minimum Gasteiger partial charge on any atom is -0.307 e. The van der Waals surface area contributed by atoms with Crippen LogP contribution in [0, 0.1) is 0 Å². The lowest BCUT2D eigenvalue weighted by atomic mass is 10.0. The van der Waals surface area contributed by atoms with Crippen molar-refractivity contribution < 1.29 is 26.4 Å². The number of rotatable bonds is 14. The third kappa shape index (κ3) is 12.1. The molecule has 0 spiro atoms. The van der Waals surface area contributed by atoms with Crippen molar-refractivity contribution >= 4 is 43.5 Å². The smallest absolute Gasteiger partial charge is 0.307 e. The zero-order valence-corrected chi connectivity index (χ0v) is 22.9. The number of benzene rings is 2. The second-order valence-corrected chi connectivity index (χ2v) is 12.4. The Kier molecular flexibility index (Phi) is 11.9. The van der Waals surface area contributed by atoms with Crippen molar-refractivity contribution in [1.29, 1.82) is 0 Å². The molecule has 2 rings (SSSR count). The standard InChI is InChI=1S/C25H36N4O6S2/c1-3-5-7-17-36(32,33)28-24(30)26-22-13-9-20(10-14-22)19-21-11-15-23(16-12-21)27-25(31)29-37(34,35)18-8-6-4-2/h9-16H,3-8,17-19H2,1-2H3,(H2,26,28,30)(H2,27,29,31). The molecule has 0 fully saturated rings. The van der Waals surface area contributed by atoms with Gasteiger partial charge in [-0.3, -0.25) is 0 Å². The Labute approximate surface area is 219 Å². The van der Waals surface area contributed by atoms with E-state index in [1.165, 1.54) is 0 Å². The summed E-state index contributed by atoms with van der Waals surface area (Å²) in [6.45, 7) is 3.94. The molecule has 0 atom stereocenters. The molecule has 0 bridgehead atoms. The summed E-state index contributed by atoms with van der Waals surface area (Å²) < 4.78 is 51.8. The largest absolute Gasteiger partial charge is 0.332 e. The van der Waals surface area contributed by atoms with Crippen LogP contribution in [0.1, 0.15) is 63.5 Å². The summed E-state index contributed by atoms with van der Waals surface area (Å²) >= 11 is 0. The van der Waals surface area contributed by atoms with Gasteiger partial charge in [-0.2, -0.15) is 0 Å². The quantitative estimate of drug-likeness (QED) is 0.252. The minimum absolute atomic E-state index is 0.0929. The van der Waals surface area contributed by atoms with Crippen LogP contribution in [0.5, 0.6) is 0 Å². The predicted molar refractivity (Wildman–Crippen MR) is 147 cm³/mol. The number of nitrogens with one attached hydrogen (secondary N) is 4. The van der Waals surface area contributed by atoms with Crippen LogP contribution in [-0.2, 0) is 26.5 Å². The maximum atomic E-state index is 12.0. The molecule has 2 aromatic carbocycles. The number of carbonyl (C=O) groups excluding carboxylic acids is 2. The van der Waals surface area contributed by atoms with Crippen LogP contribution in [0.25, 0.3) is 0 Å². The lowest BCUT2D eigenvalue weighted by Crippen LogP contribution is -2.35. The molecule has 2 aromatic rings. The first-order valence-electron chi connectivity index (χ1n) is 12.3. The molecule has 0 radical (unpaired) electrons. The molecular formula is C25H36N4O6S2. The van der Waals surface area contributed by atoms with Crippen LogP contribution in [0.4, 0.5) is 21.0 Å². The number of hydrogen-bond donors (Lipinski definition) is 4. The molecule has 0 aliphatic carbocycles. The zero-order chi connectivity index (χ0) is 27.3. The number of sulfonamides is 2. The van der Waals surface area contributed by atoms with Gasteiger partial charge in [0.1, 0.15) is 0 Å². The van der Waals surface area contributed by atoms with E-state index < -0.39 is 32.1 Å². The summed E-state index contributed by atoms with van der Waals surface area (Å²) in [6, 6.07) is 12.4. The van der Waals surface area contributed by atoms with Gasteiger partial charge in [0.15, 0.2) is 0 Å². The molecule has 0 aromatic heterocycles. The van der Waals surface area contributed by atoms with Gasteiger partial charge in [0.25, 0.3) is 0 Å². The van der Waals surface area contributed by atoms with Gasteiger partial charge in [-0.25, -0.2) is 35.9 Å². The lowest BCUT2D eigenvalue weighted by molar-refractivity contribution is 0.255. The van der Waals surface area contributed by atoms with E-state index in [0.29, 0.717) is 30.6 Å². The van der Waals surface area contributed by atoms with Gasteiger partial charge in [0.05, 0.1) is 11.5 Å². The third-order valence-electron chi connectivity index (χ3n) is 5.36. The molecule has 0 heterocycles. The Bertz CT molecular complexity index is 1130. The summed E-state index contributed by atoms with van der Waals surface area (Å²) in [4.78, 5) is 24.0. The number of hydrogen-bond acceptors (Lipinski definition) is 6. The normalized spacial score (nSPS) is 11.5.